The number of amides is 4. The van der Waals surface area contributed by atoms with Crippen LogP contribution in [0.25, 0.3) is 22.2 Å². The predicted octanol–water partition coefficient (Wildman–Crippen LogP) is 4.72. The number of rotatable bonds is 27. The lowest BCUT2D eigenvalue weighted by atomic mass is 10.00. The van der Waals surface area contributed by atoms with Gasteiger partial charge in [0.25, 0.3) is 11.8 Å². The van der Waals surface area contributed by atoms with Crippen LogP contribution in [0.3, 0.4) is 0 Å². The number of nitrogens with one attached hydrogen (secondary N) is 3. The third kappa shape index (κ3) is 12.6. The number of imide groups is 2. The second-order valence-electron chi connectivity index (χ2n) is 16.5. The van der Waals surface area contributed by atoms with Crippen LogP contribution in [-0.2, 0) is 44.8 Å². The molecule has 2 saturated heterocycles. The topological polar surface area (TPSA) is 232 Å². The minimum Gasteiger partial charge on any atom is -0.573 e. The van der Waals surface area contributed by atoms with E-state index >= 15 is 8.78 Å². The fraction of sp³-hybridized carbons (Fsp3) is 0.388. The summed E-state index contributed by atoms with van der Waals surface area (Å²) in [5.41, 5.74) is 0.718. The SMILES string of the molecule is O=C1CCC(N2C(=O)c3cccc(OCCOCCOCCOCCOCCOCCOc4ccc(-c5cnc6[nH]cc(C(=O)c7c(F)ccc(N[S+]([O-])N8CC[C@@H](F)C8)c7F)c6c5)cc4)c3C2=O)C(=O)N1. The molecule has 19 nitrogen and oxygen atoms in total. The number of ether oxygens (including phenoxy) is 7. The number of halogens is 3. The van der Waals surface area contributed by atoms with E-state index in [-0.39, 0.29) is 80.3 Å². The summed E-state index contributed by atoms with van der Waals surface area (Å²) in [5.74, 6) is -4.85. The number of fused-ring (bicyclic) bond motifs is 2. The van der Waals surface area contributed by atoms with Gasteiger partial charge >= 0.3 is 0 Å². The molecule has 0 saturated carbocycles. The van der Waals surface area contributed by atoms with Crippen molar-refractivity contribution in [2.75, 3.05) is 97.1 Å². The van der Waals surface area contributed by atoms with Gasteiger partial charge in [-0.2, -0.15) is 4.72 Å². The van der Waals surface area contributed by atoms with E-state index in [0.717, 1.165) is 22.6 Å². The molecule has 0 aliphatic carbocycles. The summed E-state index contributed by atoms with van der Waals surface area (Å²) in [7, 11) is 0. The molecular formula is C49H51F3N6O13S. The molecule has 2 unspecified atom stereocenters. The van der Waals surface area contributed by atoms with Gasteiger partial charge in [0.1, 0.15) is 54.1 Å². The van der Waals surface area contributed by atoms with Crippen molar-refractivity contribution < 1.29 is 74.9 Å². The van der Waals surface area contributed by atoms with Gasteiger partial charge in [-0.1, -0.05) is 18.2 Å². The zero-order valence-electron chi connectivity index (χ0n) is 38.8. The van der Waals surface area contributed by atoms with Crippen molar-refractivity contribution in [2.24, 2.45) is 0 Å². The number of hydrogen-bond acceptors (Lipinski definition) is 16. The van der Waals surface area contributed by atoms with Crippen molar-refractivity contribution in [1.29, 1.82) is 0 Å². The van der Waals surface area contributed by atoms with Crippen LogP contribution in [0.15, 0.2) is 73.1 Å². The third-order valence-electron chi connectivity index (χ3n) is 11.7. The van der Waals surface area contributed by atoms with E-state index in [2.05, 4.69) is 20.0 Å². The summed E-state index contributed by atoms with van der Waals surface area (Å²) >= 11 is -2.00. The highest BCUT2D eigenvalue weighted by Crippen LogP contribution is 2.34. The van der Waals surface area contributed by atoms with Gasteiger partial charge in [-0.25, -0.2) is 18.2 Å². The molecule has 3 aliphatic heterocycles. The van der Waals surface area contributed by atoms with Gasteiger partial charge in [0.05, 0.1) is 89.3 Å². The maximum atomic E-state index is 15.6. The number of pyridine rings is 1. The van der Waals surface area contributed by atoms with Crippen LogP contribution in [0.2, 0.25) is 0 Å². The molecule has 0 bridgehead atoms. The van der Waals surface area contributed by atoms with Gasteiger partial charge in [-0.05, 0) is 60.9 Å². The van der Waals surface area contributed by atoms with E-state index < -0.39 is 70.4 Å². The van der Waals surface area contributed by atoms with Crippen LogP contribution >= 0.6 is 0 Å². The summed E-state index contributed by atoms with van der Waals surface area (Å²) in [5, 5.41) is 2.51. The summed E-state index contributed by atoms with van der Waals surface area (Å²) in [6.07, 6.45) is 2.05. The molecule has 3 aliphatic rings. The molecule has 8 rings (SSSR count). The molecule has 5 heterocycles. The van der Waals surface area contributed by atoms with Gasteiger partial charge in [0.2, 0.25) is 17.6 Å². The molecular weight excluding hydrogens is 970 g/mol. The molecule has 3 N–H and O–H groups in total. The highest BCUT2D eigenvalue weighted by atomic mass is 32.2. The Balaban J connectivity index is 0.651. The Bertz CT molecular complexity index is 2750. The lowest BCUT2D eigenvalue weighted by Gasteiger charge is -2.27. The van der Waals surface area contributed by atoms with Crippen LogP contribution in [0.5, 0.6) is 11.5 Å². The van der Waals surface area contributed by atoms with E-state index in [9.17, 15) is 32.9 Å². The second-order valence-corrected chi connectivity index (χ2v) is 17.7. The molecule has 3 atom stereocenters. The largest absolute Gasteiger partial charge is 0.573 e. The molecule has 3 aromatic carbocycles. The minimum absolute atomic E-state index is 0.0147. The fourth-order valence-electron chi connectivity index (χ4n) is 8.08. The van der Waals surface area contributed by atoms with Gasteiger partial charge in [-0.3, -0.25) is 34.2 Å². The Morgan fingerprint density at radius 2 is 1.44 bits per heavy atom. The lowest BCUT2D eigenvalue weighted by molar-refractivity contribution is -0.136. The highest BCUT2D eigenvalue weighted by molar-refractivity contribution is 7.90. The average Bonchev–Trinajstić information content (AvgIpc) is 4.08. The highest BCUT2D eigenvalue weighted by Gasteiger charge is 2.46. The summed E-state index contributed by atoms with van der Waals surface area (Å²) in [4.78, 5) is 71.8. The zero-order chi connectivity index (χ0) is 50.6. The first-order valence-corrected chi connectivity index (χ1v) is 24.3. The number of aromatic amines is 1. The number of carbonyl (C=O) groups excluding carboxylic acids is 5. The number of piperidine rings is 1. The molecule has 0 radical (unpaired) electrons. The Morgan fingerprint density at radius 3 is 2.08 bits per heavy atom. The minimum atomic E-state index is -2.00. The van der Waals surface area contributed by atoms with Gasteiger partial charge in [-0.15, -0.1) is 4.31 Å². The number of nitrogens with zero attached hydrogens (tertiary/aromatic N) is 3. The molecule has 2 aromatic heterocycles. The smallest absolute Gasteiger partial charge is 0.266 e. The Morgan fingerprint density at radius 1 is 0.792 bits per heavy atom. The molecule has 23 heteroatoms. The van der Waals surface area contributed by atoms with Gasteiger partial charge < -0.3 is 42.7 Å². The number of H-pyrrole nitrogens is 1. The molecule has 72 heavy (non-hydrogen) atoms. The van der Waals surface area contributed by atoms with Crippen molar-refractivity contribution in [3.05, 3.63) is 107 Å². The summed E-state index contributed by atoms with van der Waals surface area (Å²) in [6, 6.07) is 14.4. The van der Waals surface area contributed by atoms with Crippen LogP contribution < -0.4 is 19.5 Å². The number of hydrogen-bond donors (Lipinski definition) is 3. The average molecular weight is 1020 g/mol. The van der Waals surface area contributed by atoms with Crippen LogP contribution in [0, 0.1) is 11.6 Å². The molecule has 5 aromatic rings. The van der Waals surface area contributed by atoms with Crippen molar-refractivity contribution in [1.82, 2.24) is 24.5 Å². The lowest BCUT2D eigenvalue weighted by Crippen LogP contribution is -2.54. The summed E-state index contributed by atoms with van der Waals surface area (Å²) in [6.45, 7) is 3.79. The number of alkyl halides is 1. The predicted molar refractivity (Wildman–Crippen MR) is 252 cm³/mol. The molecule has 4 amide bonds. The first-order chi connectivity index (χ1) is 35.0. The van der Waals surface area contributed by atoms with Crippen LogP contribution in [-0.4, -0.2) is 158 Å². The van der Waals surface area contributed by atoms with Crippen molar-refractivity contribution in [3.63, 3.8) is 0 Å². The first-order valence-electron chi connectivity index (χ1n) is 23.1. The maximum absolute atomic E-state index is 15.6. The number of benzene rings is 3. The van der Waals surface area contributed by atoms with E-state index in [1.807, 2.05) is 12.1 Å². The Hall–Kier alpha value is -6.44. The van der Waals surface area contributed by atoms with E-state index in [1.54, 1.807) is 36.5 Å². The zero-order valence-corrected chi connectivity index (χ0v) is 39.6. The van der Waals surface area contributed by atoms with E-state index in [0.29, 0.717) is 81.8 Å². The maximum Gasteiger partial charge on any atom is 0.266 e. The second kappa shape index (κ2) is 24.8. The standard InChI is InChI=1S/C49H51F3N6O13S/c50-32-12-13-57(29-32)72(64)56-38-9-8-37(51)43(44(38)52)45(60)36-28-54-46-35(36)26-31(27-53-46)30-4-6-33(7-5-30)70-24-22-68-20-18-66-16-14-65-15-17-67-19-21-69-23-25-71-40-3-1-2-34-42(40)49(63)58(48(34)62)39-10-11-41(59)55-47(39)61/h1-9,26-28,32,39,56H,10-25,29H2,(H,53,54)(H,55,59,61)/t32-,39?,72?/m1/s1. The number of carbonyl (C=O) groups is 5. The Labute approximate surface area is 414 Å². The van der Waals surface area contributed by atoms with Gasteiger partial charge in [0.15, 0.2) is 17.4 Å². The summed E-state index contributed by atoms with van der Waals surface area (Å²) < 4.78 is 100.0. The van der Waals surface area contributed by atoms with E-state index in [1.165, 1.54) is 16.6 Å². The number of anilines is 1. The fourth-order valence-corrected chi connectivity index (χ4v) is 9.12. The Kier molecular flexibility index (Phi) is 17.9. The van der Waals surface area contributed by atoms with Crippen molar-refractivity contribution in [3.8, 4) is 22.6 Å². The number of aromatic nitrogens is 2. The monoisotopic (exact) mass is 1020 g/mol. The first kappa shape index (κ1) is 51.9. The van der Waals surface area contributed by atoms with Crippen molar-refractivity contribution >= 4 is 57.7 Å². The van der Waals surface area contributed by atoms with E-state index in [4.69, 9.17) is 33.2 Å². The molecule has 0 spiro atoms. The van der Waals surface area contributed by atoms with Gasteiger partial charge in [0, 0.05) is 41.9 Å². The third-order valence-corrected chi connectivity index (χ3v) is 12.9. The molecule has 2 fully saturated rings. The van der Waals surface area contributed by atoms with Crippen LogP contribution in [0.1, 0.15) is 55.9 Å². The van der Waals surface area contributed by atoms with Crippen molar-refractivity contribution in [2.45, 2.75) is 31.5 Å². The normalized spacial score (nSPS) is 17.4. The number of ketones is 1. The van der Waals surface area contributed by atoms with Crippen LogP contribution in [0.4, 0.5) is 18.9 Å². The quantitative estimate of drug-likeness (QED) is 0.0280. The molecule has 382 valence electrons.